The van der Waals surface area contributed by atoms with Gasteiger partial charge in [0.15, 0.2) is 5.78 Å². The third kappa shape index (κ3) is 3.28. The summed E-state index contributed by atoms with van der Waals surface area (Å²) in [5.74, 6) is 0.292. The first-order chi connectivity index (χ1) is 7.10. The zero-order chi connectivity index (χ0) is 11.3. The molecular weight excluding hydrogens is 190 g/mol. The van der Waals surface area contributed by atoms with Crippen molar-refractivity contribution < 1.29 is 9.53 Å². The highest BCUT2D eigenvalue weighted by Crippen LogP contribution is 2.33. The number of nitrogens with one attached hydrogen (secondary N) is 1. The van der Waals surface area contributed by atoms with Gasteiger partial charge < -0.3 is 10.1 Å². The second kappa shape index (κ2) is 5.61. The van der Waals surface area contributed by atoms with E-state index in [-0.39, 0.29) is 18.1 Å². The highest BCUT2D eigenvalue weighted by atomic mass is 16.5. The lowest BCUT2D eigenvalue weighted by molar-refractivity contribution is -0.136. The molecule has 3 nitrogen and oxygen atoms in total. The molecule has 0 radical (unpaired) electrons. The van der Waals surface area contributed by atoms with Crippen LogP contribution in [0.15, 0.2) is 0 Å². The predicted octanol–water partition coefficient (Wildman–Crippen LogP) is 1.76. The molecule has 1 aliphatic heterocycles. The summed E-state index contributed by atoms with van der Waals surface area (Å²) in [7, 11) is 0. The van der Waals surface area contributed by atoms with E-state index in [0.29, 0.717) is 5.78 Å². The Labute approximate surface area is 92.6 Å². The molecule has 0 spiro atoms. The topological polar surface area (TPSA) is 38.3 Å². The van der Waals surface area contributed by atoms with E-state index in [2.05, 4.69) is 12.2 Å². The van der Waals surface area contributed by atoms with Crippen molar-refractivity contribution in [1.82, 2.24) is 5.32 Å². The Morgan fingerprint density at radius 2 is 2.00 bits per heavy atom. The standard InChI is InChI=1S/C12H23NO2/c1-4-12(5-7-13-8-6-12)11(14)9-15-10(2)3/h10,13H,4-9H2,1-3H3. The second-order valence-corrected chi connectivity index (χ2v) is 4.67. The first-order valence-electron chi connectivity index (χ1n) is 5.96. The van der Waals surface area contributed by atoms with Gasteiger partial charge in [0.05, 0.1) is 6.10 Å². The highest BCUT2D eigenvalue weighted by Gasteiger charge is 2.37. The lowest BCUT2D eigenvalue weighted by Crippen LogP contribution is -2.43. The number of hydrogen-bond acceptors (Lipinski definition) is 3. The molecule has 1 rings (SSSR count). The van der Waals surface area contributed by atoms with E-state index in [1.165, 1.54) is 0 Å². The van der Waals surface area contributed by atoms with Crippen LogP contribution in [0.25, 0.3) is 0 Å². The molecule has 0 aromatic heterocycles. The number of rotatable bonds is 5. The molecule has 0 aromatic carbocycles. The van der Waals surface area contributed by atoms with Crippen molar-refractivity contribution in [3.63, 3.8) is 0 Å². The van der Waals surface area contributed by atoms with Gasteiger partial charge in [-0.25, -0.2) is 0 Å². The zero-order valence-corrected chi connectivity index (χ0v) is 10.1. The molecule has 1 aliphatic rings. The Morgan fingerprint density at radius 3 is 2.47 bits per heavy atom. The van der Waals surface area contributed by atoms with Crippen LogP contribution in [0, 0.1) is 5.41 Å². The molecule has 0 aromatic rings. The van der Waals surface area contributed by atoms with Crippen LogP contribution in [0.4, 0.5) is 0 Å². The summed E-state index contributed by atoms with van der Waals surface area (Å²) in [4.78, 5) is 12.1. The normalized spacial score (nSPS) is 20.5. The Bertz CT molecular complexity index is 208. The van der Waals surface area contributed by atoms with Gasteiger partial charge in [0.25, 0.3) is 0 Å². The maximum atomic E-state index is 12.1. The summed E-state index contributed by atoms with van der Waals surface area (Å²) in [5, 5.41) is 3.30. The molecule has 0 bridgehead atoms. The molecule has 0 amide bonds. The van der Waals surface area contributed by atoms with Crippen LogP contribution < -0.4 is 5.32 Å². The van der Waals surface area contributed by atoms with Crippen molar-refractivity contribution in [3.05, 3.63) is 0 Å². The van der Waals surface area contributed by atoms with Gasteiger partial charge in [-0.15, -0.1) is 0 Å². The molecule has 1 saturated heterocycles. The minimum atomic E-state index is -0.111. The van der Waals surface area contributed by atoms with Gasteiger partial charge in [0, 0.05) is 5.41 Å². The van der Waals surface area contributed by atoms with Gasteiger partial charge >= 0.3 is 0 Å². The van der Waals surface area contributed by atoms with E-state index in [0.717, 1.165) is 32.4 Å². The van der Waals surface area contributed by atoms with Crippen molar-refractivity contribution in [1.29, 1.82) is 0 Å². The van der Waals surface area contributed by atoms with Crippen LogP contribution in [0.1, 0.15) is 40.0 Å². The SMILES string of the molecule is CCC1(C(=O)COC(C)C)CCNCC1. The first-order valence-corrected chi connectivity index (χ1v) is 5.96. The van der Waals surface area contributed by atoms with Crippen LogP contribution in [-0.2, 0) is 9.53 Å². The monoisotopic (exact) mass is 213 g/mol. The lowest BCUT2D eigenvalue weighted by atomic mass is 9.73. The maximum absolute atomic E-state index is 12.1. The Morgan fingerprint density at radius 1 is 1.40 bits per heavy atom. The second-order valence-electron chi connectivity index (χ2n) is 4.67. The maximum Gasteiger partial charge on any atom is 0.164 e. The molecule has 0 aliphatic carbocycles. The van der Waals surface area contributed by atoms with Crippen LogP contribution in [-0.4, -0.2) is 31.6 Å². The number of carbonyl (C=O) groups excluding carboxylic acids is 1. The first kappa shape index (κ1) is 12.7. The van der Waals surface area contributed by atoms with E-state index in [4.69, 9.17) is 4.74 Å². The molecule has 3 heteroatoms. The molecular formula is C12H23NO2. The van der Waals surface area contributed by atoms with Crippen molar-refractivity contribution >= 4 is 5.78 Å². The quantitative estimate of drug-likeness (QED) is 0.756. The molecule has 1 N–H and O–H groups in total. The molecule has 0 saturated carbocycles. The summed E-state index contributed by atoms with van der Waals surface area (Å²) in [6.45, 7) is 8.25. The van der Waals surface area contributed by atoms with E-state index in [1.54, 1.807) is 0 Å². The lowest BCUT2D eigenvalue weighted by Gasteiger charge is -2.35. The Hall–Kier alpha value is -0.410. The van der Waals surface area contributed by atoms with Gasteiger partial charge in [-0.3, -0.25) is 4.79 Å². The predicted molar refractivity (Wildman–Crippen MR) is 60.9 cm³/mol. The van der Waals surface area contributed by atoms with Crippen molar-refractivity contribution in [2.45, 2.75) is 46.1 Å². The van der Waals surface area contributed by atoms with Crippen LogP contribution in [0.5, 0.6) is 0 Å². The largest absolute Gasteiger partial charge is 0.371 e. The number of ether oxygens (including phenoxy) is 1. The van der Waals surface area contributed by atoms with E-state index >= 15 is 0 Å². The number of piperidine rings is 1. The Kier molecular flexibility index (Phi) is 4.74. The van der Waals surface area contributed by atoms with Gasteiger partial charge in [-0.05, 0) is 46.2 Å². The Balaban J connectivity index is 2.52. The number of carbonyl (C=O) groups is 1. The molecule has 88 valence electrons. The zero-order valence-electron chi connectivity index (χ0n) is 10.1. The summed E-state index contributed by atoms with van der Waals surface area (Å²) < 4.78 is 5.41. The summed E-state index contributed by atoms with van der Waals surface area (Å²) >= 11 is 0. The summed E-state index contributed by atoms with van der Waals surface area (Å²) in [6.07, 6.45) is 3.01. The molecule has 15 heavy (non-hydrogen) atoms. The van der Waals surface area contributed by atoms with Crippen LogP contribution in [0.3, 0.4) is 0 Å². The van der Waals surface area contributed by atoms with Gasteiger partial charge in [-0.1, -0.05) is 6.92 Å². The number of ketones is 1. The van der Waals surface area contributed by atoms with Crippen molar-refractivity contribution in [2.75, 3.05) is 19.7 Å². The number of Topliss-reactive ketones (excluding diaryl/α,β-unsaturated/α-hetero) is 1. The van der Waals surface area contributed by atoms with Gasteiger partial charge in [0.2, 0.25) is 0 Å². The van der Waals surface area contributed by atoms with Crippen LogP contribution >= 0.6 is 0 Å². The smallest absolute Gasteiger partial charge is 0.164 e. The van der Waals surface area contributed by atoms with Crippen molar-refractivity contribution in [3.8, 4) is 0 Å². The minimum Gasteiger partial charge on any atom is -0.371 e. The molecule has 1 fully saturated rings. The summed E-state index contributed by atoms with van der Waals surface area (Å²) in [5.41, 5.74) is -0.111. The fourth-order valence-electron chi connectivity index (χ4n) is 2.13. The fourth-order valence-corrected chi connectivity index (χ4v) is 2.13. The average Bonchev–Trinajstić information content (AvgIpc) is 2.26. The third-order valence-corrected chi connectivity index (χ3v) is 3.38. The number of hydrogen-bond donors (Lipinski definition) is 1. The van der Waals surface area contributed by atoms with Gasteiger partial charge in [-0.2, -0.15) is 0 Å². The van der Waals surface area contributed by atoms with E-state index in [9.17, 15) is 4.79 Å². The van der Waals surface area contributed by atoms with Crippen molar-refractivity contribution in [2.24, 2.45) is 5.41 Å². The molecule has 1 heterocycles. The minimum absolute atomic E-state index is 0.111. The molecule has 0 unspecified atom stereocenters. The van der Waals surface area contributed by atoms with E-state index in [1.807, 2.05) is 13.8 Å². The highest BCUT2D eigenvalue weighted by molar-refractivity contribution is 5.86. The van der Waals surface area contributed by atoms with Crippen LogP contribution in [0.2, 0.25) is 0 Å². The van der Waals surface area contributed by atoms with Gasteiger partial charge in [0.1, 0.15) is 6.61 Å². The molecule has 0 atom stereocenters. The average molecular weight is 213 g/mol. The third-order valence-electron chi connectivity index (χ3n) is 3.38. The fraction of sp³-hybridized carbons (Fsp3) is 0.917. The summed E-state index contributed by atoms with van der Waals surface area (Å²) in [6, 6.07) is 0. The van der Waals surface area contributed by atoms with E-state index < -0.39 is 0 Å².